The van der Waals surface area contributed by atoms with Crippen molar-refractivity contribution in [1.29, 1.82) is 0 Å². The zero-order valence-electron chi connectivity index (χ0n) is 13.8. The maximum atomic E-state index is 12.6. The molecule has 2 aliphatic rings. The van der Waals surface area contributed by atoms with Crippen molar-refractivity contribution in [1.82, 2.24) is 15.3 Å². The molecule has 2 aromatic rings. The zero-order chi connectivity index (χ0) is 17.4. The van der Waals surface area contributed by atoms with Gasteiger partial charge < -0.3 is 15.4 Å². The maximum absolute atomic E-state index is 12.6. The third-order valence-corrected chi connectivity index (χ3v) is 5.09. The molecule has 25 heavy (non-hydrogen) atoms. The van der Waals surface area contributed by atoms with E-state index in [1.165, 1.54) is 6.20 Å². The van der Waals surface area contributed by atoms with Crippen molar-refractivity contribution in [3.63, 3.8) is 0 Å². The van der Waals surface area contributed by atoms with E-state index in [2.05, 4.69) is 15.3 Å². The summed E-state index contributed by atoms with van der Waals surface area (Å²) >= 11 is 0. The number of amides is 1. The van der Waals surface area contributed by atoms with Crippen LogP contribution in [-0.4, -0.2) is 27.1 Å². The highest BCUT2D eigenvalue weighted by atomic mass is 16.3. The van der Waals surface area contributed by atoms with Crippen LogP contribution in [0, 0.1) is 5.92 Å². The highest BCUT2D eigenvalue weighted by Crippen LogP contribution is 2.38. The van der Waals surface area contributed by atoms with Crippen LogP contribution in [0.1, 0.15) is 59.4 Å². The third-order valence-electron chi connectivity index (χ3n) is 5.09. The van der Waals surface area contributed by atoms with Gasteiger partial charge in [-0.3, -0.25) is 9.59 Å². The molecule has 1 aromatic carbocycles. The summed E-state index contributed by atoms with van der Waals surface area (Å²) in [7, 11) is 0. The fourth-order valence-corrected chi connectivity index (χ4v) is 3.39. The highest BCUT2D eigenvalue weighted by molar-refractivity contribution is 5.93. The second-order valence-corrected chi connectivity index (χ2v) is 7.03. The minimum Gasteiger partial charge on any atom is -0.393 e. The number of carbonyl (C=O) groups excluding carboxylic acids is 1. The summed E-state index contributed by atoms with van der Waals surface area (Å²) in [5, 5.41) is 12.6. The molecule has 0 aliphatic heterocycles. The van der Waals surface area contributed by atoms with Gasteiger partial charge in [-0.05, 0) is 37.2 Å². The third kappa shape index (κ3) is 3.35. The Balaban J connectivity index is 1.55. The molecule has 1 amide bonds. The van der Waals surface area contributed by atoms with Crippen molar-refractivity contribution in [3.8, 4) is 0 Å². The summed E-state index contributed by atoms with van der Waals surface area (Å²) in [6.45, 7) is 0. The monoisotopic (exact) mass is 339 g/mol. The number of aliphatic hydroxyl groups excluding tert-OH is 1. The fraction of sp³-hybridized carbons (Fsp3) is 0.421. The van der Waals surface area contributed by atoms with Crippen molar-refractivity contribution in [2.24, 2.45) is 5.92 Å². The molecule has 3 N–H and O–H groups in total. The van der Waals surface area contributed by atoms with Crippen LogP contribution in [-0.2, 0) is 0 Å². The van der Waals surface area contributed by atoms with Crippen molar-refractivity contribution >= 4 is 5.91 Å². The van der Waals surface area contributed by atoms with Gasteiger partial charge in [0.1, 0.15) is 11.4 Å². The number of nitrogens with zero attached hydrogens (tertiary/aromatic N) is 1. The predicted octanol–water partition coefficient (Wildman–Crippen LogP) is 1.89. The zero-order valence-corrected chi connectivity index (χ0v) is 13.8. The first-order valence-corrected chi connectivity index (χ1v) is 8.75. The number of aromatic amines is 1. The van der Waals surface area contributed by atoms with Crippen LogP contribution in [0.15, 0.2) is 41.3 Å². The van der Waals surface area contributed by atoms with Gasteiger partial charge in [-0.15, -0.1) is 0 Å². The van der Waals surface area contributed by atoms with Gasteiger partial charge >= 0.3 is 0 Å². The molecule has 6 nitrogen and oxygen atoms in total. The minimum atomic E-state index is -0.425. The second-order valence-electron chi connectivity index (χ2n) is 7.03. The molecule has 1 unspecified atom stereocenters. The largest absolute Gasteiger partial charge is 0.393 e. The first kappa shape index (κ1) is 16.0. The number of H-pyrrole nitrogens is 1. The second kappa shape index (κ2) is 6.44. The fourth-order valence-electron chi connectivity index (χ4n) is 3.39. The average Bonchev–Trinajstić information content (AvgIpc) is 3.43. The first-order chi connectivity index (χ1) is 12.1. The Hall–Kier alpha value is -2.47. The number of hydrogen-bond donors (Lipinski definition) is 3. The van der Waals surface area contributed by atoms with Gasteiger partial charge in [0.25, 0.3) is 11.5 Å². The number of rotatable bonds is 5. The Morgan fingerprint density at radius 1 is 1.24 bits per heavy atom. The summed E-state index contributed by atoms with van der Waals surface area (Å²) < 4.78 is 0. The van der Waals surface area contributed by atoms with Gasteiger partial charge in [0.2, 0.25) is 0 Å². The molecule has 2 saturated carbocycles. The van der Waals surface area contributed by atoms with Crippen LogP contribution in [0.5, 0.6) is 0 Å². The van der Waals surface area contributed by atoms with Crippen LogP contribution in [0.4, 0.5) is 0 Å². The molecule has 0 bridgehead atoms. The molecule has 1 atom stereocenters. The van der Waals surface area contributed by atoms with Crippen LogP contribution in [0.2, 0.25) is 0 Å². The number of carbonyl (C=O) groups is 1. The van der Waals surface area contributed by atoms with Crippen molar-refractivity contribution in [2.75, 3.05) is 0 Å². The summed E-state index contributed by atoms with van der Waals surface area (Å²) in [5.74, 6) is 0.743. The van der Waals surface area contributed by atoms with E-state index in [1.54, 1.807) is 0 Å². The lowest BCUT2D eigenvalue weighted by atomic mass is 9.75. The SMILES string of the molecule is O=C(NC(c1ccccc1)C1CC(O)C1)c1cnc(C2CC2)[nH]c1=O. The van der Waals surface area contributed by atoms with E-state index >= 15 is 0 Å². The smallest absolute Gasteiger partial charge is 0.263 e. The van der Waals surface area contributed by atoms with E-state index in [4.69, 9.17) is 0 Å². The van der Waals surface area contributed by atoms with Gasteiger partial charge in [-0.2, -0.15) is 0 Å². The Morgan fingerprint density at radius 2 is 1.96 bits per heavy atom. The molecule has 130 valence electrons. The number of hydrogen-bond acceptors (Lipinski definition) is 4. The van der Waals surface area contributed by atoms with E-state index in [9.17, 15) is 14.7 Å². The van der Waals surface area contributed by atoms with Gasteiger partial charge in [-0.25, -0.2) is 4.98 Å². The molecule has 2 fully saturated rings. The van der Waals surface area contributed by atoms with E-state index in [0.717, 1.165) is 18.4 Å². The van der Waals surface area contributed by atoms with Crippen LogP contribution < -0.4 is 10.9 Å². The average molecular weight is 339 g/mol. The molecule has 6 heteroatoms. The maximum Gasteiger partial charge on any atom is 0.263 e. The Bertz CT molecular complexity index is 823. The summed E-state index contributed by atoms with van der Waals surface area (Å²) in [6.07, 6.45) is 4.43. The van der Waals surface area contributed by atoms with Crippen molar-refractivity contribution < 1.29 is 9.90 Å². The predicted molar refractivity (Wildman–Crippen MR) is 92.2 cm³/mol. The Kier molecular flexibility index (Phi) is 4.13. The van der Waals surface area contributed by atoms with Crippen LogP contribution in [0.25, 0.3) is 0 Å². The number of benzene rings is 1. The van der Waals surface area contributed by atoms with E-state index in [1.807, 2.05) is 30.3 Å². The lowest BCUT2D eigenvalue weighted by Crippen LogP contribution is -2.42. The van der Waals surface area contributed by atoms with E-state index in [-0.39, 0.29) is 23.6 Å². The highest BCUT2D eigenvalue weighted by Gasteiger charge is 2.36. The lowest BCUT2D eigenvalue weighted by Gasteiger charge is -2.38. The van der Waals surface area contributed by atoms with Gasteiger partial charge in [0.15, 0.2) is 0 Å². The quantitative estimate of drug-likeness (QED) is 0.775. The van der Waals surface area contributed by atoms with E-state index < -0.39 is 11.5 Å². The number of nitrogens with one attached hydrogen (secondary N) is 2. The standard InChI is InChI=1S/C19H21N3O3/c23-14-8-13(9-14)16(11-4-2-1-3-5-11)21-18(24)15-10-20-17(12-6-7-12)22-19(15)25/h1-5,10,12-14,16,23H,6-9H2,(H,21,24)(H,20,22,25). The normalized spacial score (nSPS) is 23.6. The topological polar surface area (TPSA) is 95.1 Å². The Morgan fingerprint density at radius 3 is 2.56 bits per heavy atom. The van der Waals surface area contributed by atoms with Crippen LogP contribution >= 0.6 is 0 Å². The summed E-state index contributed by atoms with van der Waals surface area (Å²) in [5.41, 5.74) is 0.617. The van der Waals surface area contributed by atoms with Gasteiger partial charge in [0, 0.05) is 12.1 Å². The molecule has 4 rings (SSSR count). The summed E-state index contributed by atoms with van der Waals surface area (Å²) in [4.78, 5) is 31.8. The van der Waals surface area contributed by atoms with Crippen LogP contribution in [0.3, 0.4) is 0 Å². The van der Waals surface area contributed by atoms with E-state index in [0.29, 0.717) is 24.6 Å². The number of aromatic nitrogens is 2. The lowest BCUT2D eigenvalue weighted by molar-refractivity contribution is 0.0235. The molecule has 1 aromatic heterocycles. The minimum absolute atomic E-state index is 0.0326. The molecule has 1 heterocycles. The van der Waals surface area contributed by atoms with Crippen molar-refractivity contribution in [3.05, 3.63) is 63.8 Å². The molecular weight excluding hydrogens is 318 g/mol. The molecule has 0 saturated heterocycles. The molecule has 0 radical (unpaired) electrons. The molecule has 2 aliphatic carbocycles. The number of aliphatic hydroxyl groups is 1. The molecular formula is C19H21N3O3. The first-order valence-electron chi connectivity index (χ1n) is 8.75. The van der Waals surface area contributed by atoms with Crippen molar-refractivity contribution in [2.45, 2.75) is 43.7 Å². The van der Waals surface area contributed by atoms with Gasteiger partial charge in [-0.1, -0.05) is 30.3 Å². The molecule has 0 spiro atoms. The Labute approximate surface area is 145 Å². The van der Waals surface area contributed by atoms with Gasteiger partial charge in [0.05, 0.1) is 12.1 Å². The summed E-state index contributed by atoms with van der Waals surface area (Å²) in [6, 6.07) is 9.44.